The first-order chi connectivity index (χ1) is 15.4. The standard InChI is InChI=1S/C23H29N3O4S2/c1-16(17-8-11-26(12-9-17)32(28,29)22-4-3-13-31-22)23(27)24-10-7-18-15-25-21-6-5-19(30-2)14-20(18)21/h3-6,13-17,25H,7-12H2,1-2H3,(H,24,27)/t16-/m0/s1. The number of piperidine rings is 1. The average Bonchev–Trinajstić information content (AvgIpc) is 3.49. The molecule has 32 heavy (non-hydrogen) atoms. The topological polar surface area (TPSA) is 91.5 Å². The fraction of sp³-hybridized carbons (Fsp3) is 0.435. The number of methoxy groups -OCH3 is 1. The van der Waals surface area contributed by atoms with Crippen LogP contribution in [0.25, 0.3) is 10.9 Å². The van der Waals surface area contributed by atoms with Crippen LogP contribution in [0.5, 0.6) is 5.75 Å². The molecule has 1 aromatic carbocycles. The number of hydrogen-bond acceptors (Lipinski definition) is 5. The zero-order valence-electron chi connectivity index (χ0n) is 18.3. The summed E-state index contributed by atoms with van der Waals surface area (Å²) in [6.07, 6.45) is 4.09. The van der Waals surface area contributed by atoms with Crippen molar-refractivity contribution in [1.29, 1.82) is 0 Å². The molecule has 0 radical (unpaired) electrons. The summed E-state index contributed by atoms with van der Waals surface area (Å²) in [6.45, 7) is 3.41. The number of carbonyl (C=O) groups excluding carboxylic acids is 1. The Hall–Kier alpha value is -2.36. The minimum absolute atomic E-state index is 0.0296. The molecule has 172 valence electrons. The lowest BCUT2D eigenvalue weighted by molar-refractivity contribution is -0.126. The van der Waals surface area contributed by atoms with Crippen LogP contribution in [-0.4, -0.2) is 50.4 Å². The molecule has 1 aliphatic heterocycles. The van der Waals surface area contributed by atoms with Crippen LogP contribution in [0.15, 0.2) is 46.1 Å². The van der Waals surface area contributed by atoms with Crippen LogP contribution in [0.3, 0.4) is 0 Å². The van der Waals surface area contributed by atoms with Gasteiger partial charge in [-0.15, -0.1) is 11.3 Å². The van der Waals surface area contributed by atoms with E-state index >= 15 is 0 Å². The fourth-order valence-corrected chi connectivity index (χ4v) is 6.95. The Kier molecular flexibility index (Phi) is 6.88. The summed E-state index contributed by atoms with van der Waals surface area (Å²) in [5.41, 5.74) is 2.18. The Balaban J connectivity index is 1.28. The zero-order valence-corrected chi connectivity index (χ0v) is 20.0. The maximum absolute atomic E-state index is 12.7. The number of fused-ring (bicyclic) bond motifs is 1. The number of hydrogen-bond donors (Lipinski definition) is 2. The van der Waals surface area contributed by atoms with E-state index < -0.39 is 10.0 Å². The van der Waals surface area contributed by atoms with Gasteiger partial charge in [0.15, 0.2) is 0 Å². The highest BCUT2D eigenvalue weighted by atomic mass is 32.2. The second kappa shape index (κ2) is 9.64. The van der Waals surface area contributed by atoms with Crippen LogP contribution in [0.1, 0.15) is 25.3 Å². The second-order valence-electron chi connectivity index (χ2n) is 8.23. The van der Waals surface area contributed by atoms with Gasteiger partial charge in [0.2, 0.25) is 5.91 Å². The summed E-state index contributed by atoms with van der Waals surface area (Å²) < 4.78 is 32.6. The average molecular weight is 476 g/mol. The van der Waals surface area contributed by atoms with Crippen molar-refractivity contribution in [2.45, 2.75) is 30.4 Å². The van der Waals surface area contributed by atoms with E-state index in [1.807, 2.05) is 31.3 Å². The minimum atomic E-state index is -3.41. The predicted octanol–water partition coefficient (Wildman–Crippen LogP) is 3.63. The number of nitrogens with one attached hydrogen (secondary N) is 2. The van der Waals surface area contributed by atoms with Crippen molar-refractivity contribution < 1.29 is 17.9 Å². The van der Waals surface area contributed by atoms with Gasteiger partial charge in [0, 0.05) is 42.7 Å². The molecule has 0 spiro atoms. The van der Waals surface area contributed by atoms with Crippen LogP contribution in [0.2, 0.25) is 0 Å². The van der Waals surface area contributed by atoms with E-state index in [9.17, 15) is 13.2 Å². The second-order valence-corrected chi connectivity index (χ2v) is 11.3. The van der Waals surface area contributed by atoms with Gasteiger partial charge in [-0.3, -0.25) is 4.79 Å². The number of benzene rings is 1. The molecule has 4 rings (SSSR count). The SMILES string of the molecule is COc1ccc2[nH]cc(CCNC(=O)[C@@H](C)C3CCN(S(=O)(=O)c4cccs4)CC3)c2c1. The highest BCUT2D eigenvalue weighted by molar-refractivity contribution is 7.91. The lowest BCUT2D eigenvalue weighted by atomic mass is 9.85. The van der Waals surface area contributed by atoms with Gasteiger partial charge in [-0.25, -0.2) is 8.42 Å². The number of nitrogens with zero attached hydrogens (tertiary/aromatic N) is 1. The van der Waals surface area contributed by atoms with E-state index in [2.05, 4.69) is 10.3 Å². The zero-order chi connectivity index (χ0) is 22.7. The Morgan fingerprint density at radius 1 is 1.31 bits per heavy atom. The lowest BCUT2D eigenvalue weighted by Gasteiger charge is -2.33. The van der Waals surface area contributed by atoms with Crippen molar-refractivity contribution in [1.82, 2.24) is 14.6 Å². The van der Waals surface area contributed by atoms with E-state index in [-0.39, 0.29) is 17.7 Å². The number of thiophene rings is 1. The molecule has 2 N–H and O–H groups in total. The summed E-state index contributed by atoms with van der Waals surface area (Å²) >= 11 is 1.24. The van der Waals surface area contributed by atoms with E-state index in [0.29, 0.717) is 36.7 Å². The summed E-state index contributed by atoms with van der Waals surface area (Å²) in [5, 5.41) is 5.94. The molecule has 3 aromatic rings. The van der Waals surface area contributed by atoms with Crippen LogP contribution in [0, 0.1) is 11.8 Å². The van der Waals surface area contributed by atoms with Crippen molar-refractivity contribution in [3.63, 3.8) is 0 Å². The van der Waals surface area contributed by atoms with Crippen LogP contribution in [0.4, 0.5) is 0 Å². The third-order valence-corrected chi connectivity index (χ3v) is 9.65. The first-order valence-corrected chi connectivity index (χ1v) is 13.2. The maximum Gasteiger partial charge on any atom is 0.252 e. The quantitative estimate of drug-likeness (QED) is 0.520. The Morgan fingerprint density at radius 2 is 2.09 bits per heavy atom. The minimum Gasteiger partial charge on any atom is -0.497 e. The lowest BCUT2D eigenvalue weighted by Crippen LogP contribution is -2.42. The van der Waals surface area contributed by atoms with Gasteiger partial charge in [0.25, 0.3) is 10.0 Å². The van der Waals surface area contributed by atoms with Crippen LogP contribution >= 0.6 is 11.3 Å². The first kappa shape index (κ1) is 22.8. The van der Waals surface area contributed by atoms with Gasteiger partial charge in [-0.2, -0.15) is 4.31 Å². The maximum atomic E-state index is 12.7. The normalized spacial score (nSPS) is 16.8. The molecule has 1 saturated heterocycles. The molecular formula is C23H29N3O4S2. The van der Waals surface area contributed by atoms with Crippen molar-refractivity contribution in [2.24, 2.45) is 11.8 Å². The third-order valence-electron chi connectivity index (χ3n) is 6.38. The molecule has 0 bridgehead atoms. The first-order valence-electron chi connectivity index (χ1n) is 10.9. The van der Waals surface area contributed by atoms with Crippen molar-refractivity contribution in [3.8, 4) is 5.75 Å². The molecule has 1 fully saturated rings. The number of sulfonamides is 1. The number of H-pyrrole nitrogens is 1. The molecule has 1 aliphatic rings. The molecule has 1 amide bonds. The summed E-state index contributed by atoms with van der Waals surface area (Å²) in [4.78, 5) is 16.0. The van der Waals surface area contributed by atoms with Crippen LogP contribution < -0.4 is 10.1 Å². The summed E-state index contributed by atoms with van der Waals surface area (Å²) in [5.74, 6) is 0.872. The third kappa shape index (κ3) is 4.69. The molecular weight excluding hydrogens is 446 g/mol. The predicted molar refractivity (Wildman–Crippen MR) is 127 cm³/mol. The molecule has 0 saturated carbocycles. The Labute approximate surface area is 192 Å². The molecule has 2 aromatic heterocycles. The molecule has 0 unspecified atom stereocenters. The molecule has 9 heteroatoms. The van der Waals surface area contributed by atoms with Gasteiger partial charge in [-0.05, 0) is 60.4 Å². The van der Waals surface area contributed by atoms with E-state index in [0.717, 1.165) is 28.6 Å². The van der Waals surface area contributed by atoms with E-state index in [4.69, 9.17) is 4.74 Å². The smallest absolute Gasteiger partial charge is 0.252 e. The van der Waals surface area contributed by atoms with Crippen molar-refractivity contribution in [2.75, 3.05) is 26.7 Å². The van der Waals surface area contributed by atoms with Gasteiger partial charge in [0.1, 0.15) is 9.96 Å². The number of rotatable bonds is 8. The molecule has 7 nitrogen and oxygen atoms in total. The summed E-state index contributed by atoms with van der Waals surface area (Å²) in [7, 11) is -1.76. The highest BCUT2D eigenvalue weighted by Crippen LogP contribution is 2.30. The Bertz CT molecular complexity index is 1160. The van der Waals surface area contributed by atoms with Crippen molar-refractivity contribution in [3.05, 3.63) is 47.5 Å². The summed E-state index contributed by atoms with van der Waals surface area (Å²) in [6, 6.07) is 9.31. The Morgan fingerprint density at radius 3 is 2.78 bits per heavy atom. The highest BCUT2D eigenvalue weighted by Gasteiger charge is 2.33. The number of carbonyl (C=O) groups is 1. The largest absolute Gasteiger partial charge is 0.497 e. The molecule has 3 heterocycles. The van der Waals surface area contributed by atoms with Gasteiger partial charge in [-0.1, -0.05) is 13.0 Å². The molecule has 0 aliphatic carbocycles. The number of aromatic nitrogens is 1. The van der Waals surface area contributed by atoms with E-state index in [1.165, 1.54) is 11.3 Å². The number of aromatic amines is 1. The number of amides is 1. The monoisotopic (exact) mass is 475 g/mol. The van der Waals surface area contributed by atoms with Crippen molar-refractivity contribution >= 4 is 38.2 Å². The van der Waals surface area contributed by atoms with Gasteiger partial charge < -0.3 is 15.0 Å². The molecule has 1 atom stereocenters. The van der Waals surface area contributed by atoms with Gasteiger partial charge >= 0.3 is 0 Å². The van der Waals surface area contributed by atoms with Crippen LogP contribution in [-0.2, 0) is 21.2 Å². The van der Waals surface area contributed by atoms with E-state index in [1.54, 1.807) is 28.9 Å². The van der Waals surface area contributed by atoms with Gasteiger partial charge in [0.05, 0.1) is 7.11 Å². The fourth-order valence-electron chi connectivity index (χ4n) is 4.34. The number of ether oxygens (including phenoxy) is 1.